The first kappa shape index (κ1) is 15.9. The third kappa shape index (κ3) is 4.82. The van der Waals surface area contributed by atoms with Crippen molar-refractivity contribution in [3.05, 3.63) is 48.0 Å². The van der Waals surface area contributed by atoms with Gasteiger partial charge in [0, 0.05) is 13.1 Å². The minimum absolute atomic E-state index is 0.407. The largest absolute Gasteiger partial charge is 0.392 e. The molecule has 6 heteroatoms. The molecule has 0 aliphatic rings. The van der Waals surface area contributed by atoms with Gasteiger partial charge in [0.15, 0.2) is 11.6 Å². The molecular formula is C16H21N5O. The molecule has 2 aromatic rings. The second-order valence-corrected chi connectivity index (χ2v) is 4.95. The van der Waals surface area contributed by atoms with E-state index in [-0.39, 0.29) is 0 Å². The maximum atomic E-state index is 9.47. The Hall–Kier alpha value is -2.47. The maximum Gasteiger partial charge on any atom is 0.168 e. The molecule has 0 saturated heterocycles. The summed E-state index contributed by atoms with van der Waals surface area (Å²) in [5.41, 5.74) is 3.85. The molecule has 0 radical (unpaired) electrons. The van der Waals surface area contributed by atoms with Crippen molar-refractivity contribution in [1.82, 2.24) is 10.2 Å². The van der Waals surface area contributed by atoms with Crippen molar-refractivity contribution < 1.29 is 5.11 Å². The fourth-order valence-electron chi connectivity index (χ4n) is 1.97. The lowest BCUT2D eigenvalue weighted by atomic mass is 10.2. The first-order valence-electron chi connectivity index (χ1n) is 7.30. The Bertz CT molecular complexity index is 583. The minimum Gasteiger partial charge on any atom is -0.392 e. The zero-order valence-corrected chi connectivity index (χ0v) is 12.8. The molecular weight excluding hydrogens is 278 g/mol. The molecule has 0 amide bonds. The van der Waals surface area contributed by atoms with Gasteiger partial charge in [0.1, 0.15) is 0 Å². The quantitative estimate of drug-likeness (QED) is 0.605. The highest BCUT2D eigenvalue weighted by atomic mass is 16.3. The molecule has 1 aromatic heterocycles. The highest BCUT2D eigenvalue weighted by Gasteiger charge is 2.09. The number of aliphatic hydroxyl groups excluding tert-OH is 1. The van der Waals surface area contributed by atoms with Crippen molar-refractivity contribution in [3.63, 3.8) is 0 Å². The molecule has 1 atom stereocenters. The molecule has 0 unspecified atom stereocenters. The number of hydrogen-bond acceptors (Lipinski definition) is 6. The van der Waals surface area contributed by atoms with Gasteiger partial charge in [0.05, 0.1) is 12.3 Å². The van der Waals surface area contributed by atoms with Crippen LogP contribution < -0.4 is 10.3 Å². The summed E-state index contributed by atoms with van der Waals surface area (Å²) in [5, 5.41) is 21.8. The van der Waals surface area contributed by atoms with E-state index in [2.05, 4.69) is 20.7 Å². The Morgan fingerprint density at radius 2 is 2.00 bits per heavy atom. The molecule has 116 valence electrons. The molecule has 0 aliphatic heterocycles. The normalized spacial score (nSPS) is 12.3. The van der Waals surface area contributed by atoms with Crippen LogP contribution in [0.2, 0.25) is 0 Å². The number of benzene rings is 1. The zero-order chi connectivity index (χ0) is 15.8. The van der Waals surface area contributed by atoms with Crippen LogP contribution in [0, 0.1) is 0 Å². The molecule has 0 saturated carbocycles. The molecule has 1 heterocycles. The van der Waals surface area contributed by atoms with Crippen LogP contribution in [0.5, 0.6) is 0 Å². The van der Waals surface area contributed by atoms with Crippen molar-refractivity contribution in [2.45, 2.75) is 20.0 Å². The minimum atomic E-state index is -0.407. The Morgan fingerprint density at radius 1 is 1.23 bits per heavy atom. The highest BCUT2D eigenvalue weighted by molar-refractivity contribution is 5.79. The summed E-state index contributed by atoms with van der Waals surface area (Å²) in [5.74, 6) is 1.31. The number of likely N-dealkylation sites (N-methyl/N-ethyl adjacent to an activating group) is 1. The topological polar surface area (TPSA) is 73.6 Å². The zero-order valence-electron chi connectivity index (χ0n) is 12.8. The summed E-state index contributed by atoms with van der Waals surface area (Å²) in [6, 6.07) is 13.5. The second kappa shape index (κ2) is 8.09. The lowest BCUT2D eigenvalue weighted by Crippen LogP contribution is -2.31. The van der Waals surface area contributed by atoms with Crippen LogP contribution in [0.3, 0.4) is 0 Å². The predicted octanol–water partition coefficient (Wildman–Crippen LogP) is 2.13. The van der Waals surface area contributed by atoms with Crippen LogP contribution in [-0.2, 0) is 0 Å². The molecule has 2 N–H and O–H groups in total. The van der Waals surface area contributed by atoms with Gasteiger partial charge in [-0.2, -0.15) is 5.10 Å². The van der Waals surface area contributed by atoms with Gasteiger partial charge in [-0.25, -0.2) is 0 Å². The van der Waals surface area contributed by atoms with E-state index in [4.69, 9.17) is 0 Å². The van der Waals surface area contributed by atoms with Crippen molar-refractivity contribution in [3.8, 4) is 0 Å². The van der Waals surface area contributed by atoms with E-state index in [1.54, 1.807) is 13.1 Å². The lowest BCUT2D eigenvalue weighted by molar-refractivity contribution is 0.200. The van der Waals surface area contributed by atoms with E-state index in [9.17, 15) is 5.11 Å². The van der Waals surface area contributed by atoms with Crippen molar-refractivity contribution in [2.75, 3.05) is 23.4 Å². The van der Waals surface area contributed by atoms with E-state index in [0.29, 0.717) is 12.4 Å². The molecule has 6 nitrogen and oxygen atoms in total. The second-order valence-electron chi connectivity index (χ2n) is 4.95. The standard InChI is InChI=1S/C16H21N5O/c1-3-21(12-13(2)22)16-10-9-15(19-20-16)18-17-11-14-7-5-4-6-8-14/h4-11,13,22H,3,12H2,1-2H3,(H,18,19)/b17-11-/t13-/m0/s1. The summed E-state index contributed by atoms with van der Waals surface area (Å²) in [7, 11) is 0. The van der Waals surface area contributed by atoms with Gasteiger partial charge in [-0.1, -0.05) is 30.3 Å². The van der Waals surface area contributed by atoms with Gasteiger partial charge < -0.3 is 10.0 Å². The van der Waals surface area contributed by atoms with E-state index < -0.39 is 6.10 Å². The number of hydrazone groups is 1. The summed E-state index contributed by atoms with van der Waals surface area (Å²) in [4.78, 5) is 1.97. The summed E-state index contributed by atoms with van der Waals surface area (Å²) in [6.07, 6.45) is 1.32. The van der Waals surface area contributed by atoms with Gasteiger partial charge in [0.25, 0.3) is 0 Å². The number of aliphatic hydroxyl groups is 1. The predicted molar refractivity (Wildman–Crippen MR) is 89.3 cm³/mol. The summed E-state index contributed by atoms with van der Waals surface area (Å²) in [6.45, 7) is 5.06. The molecule has 2 rings (SSSR count). The van der Waals surface area contributed by atoms with E-state index in [1.807, 2.05) is 54.3 Å². The fourth-order valence-corrected chi connectivity index (χ4v) is 1.97. The van der Waals surface area contributed by atoms with E-state index in [1.165, 1.54) is 0 Å². The molecule has 0 fully saturated rings. The number of aromatic nitrogens is 2. The van der Waals surface area contributed by atoms with Crippen LogP contribution in [0.4, 0.5) is 11.6 Å². The smallest absolute Gasteiger partial charge is 0.168 e. The summed E-state index contributed by atoms with van der Waals surface area (Å²) >= 11 is 0. The first-order chi connectivity index (χ1) is 10.7. The van der Waals surface area contributed by atoms with Crippen LogP contribution in [0.15, 0.2) is 47.6 Å². The molecule has 22 heavy (non-hydrogen) atoms. The van der Waals surface area contributed by atoms with Crippen LogP contribution in [0.25, 0.3) is 0 Å². The molecule has 1 aromatic carbocycles. The van der Waals surface area contributed by atoms with Gasteiger partial charge >= 0.3 is 0 Å². The maximum absolute atomic E-state index is 9.47. The molecule has 0 bridgehead atoms. The van der Waals surface area contributed by atoms with Crippen LogP contribution >= 0.6 is 0 Å². The molecule has 0 aliphatic carbocycles. The van der Waals surface area contributed by atoms with Crippen LogP contribution in [0.1, 0.15) is 19.4 Å². The average molecular weight is 299 g/mol. The van der Waals surface area contributed by atoms with Gasteiger partial charge in [-0.05, 0) is 31.5 Å². The number of nitrogens with one attached hydrogen (secondary N) is 1. The first-order valence-corrected chi connectivity index (χ1v) is 7.30. The Balaban J connectivity index is 1.95. The third-order valence-corrected chi connectivity index (χ3v) is 3.03. The average Bonchev–Trinajstić information content (AvgIpc) is 2.54. The fraction of sp³-hybridized carbons (Fsp3) is 0.312. The Morgan fingerprint density at radius 3 is 2.59 bits per heavy atom. The lowest BCUT2D eigenvalue weighted by Gasteiger charge is -2.22. The number of nitrogens with zero attached hydrogens (tertiary/aromatic N) is 4. The number of rotatable bonds is 7. The molecule has 0 spiro atoms. The van der Waals surface area contributed by atoms with E-state index >= 15 is 0 Å². The monoisotopic (exact) mass is 299 g/mol. The van der Waals surface area contributed by atoms with Crippen molar-refractivity contribution in [1.29, 1.82) is 0 Å². The Kier molecular flexibility index (Phi) is 5.85. The van der Waals surface area contributed by atoms with Gasteiger partial charge in [0.2, 0.25) is 0 Å². The van der Waals surface area contributed by atoms with Gasteiger partial charge in [-0.15, -0.1) is 10.2 Å². The number of hydrogen-bond donors (Lipinski definition) is 2. The summed E-state index contributed by atoms with van der Waals surface area (Å²) < 4.78 is 0. The van der Waals surface area contributed by atoms with Crippen molar-refractivity contribution >= 4 is 17.9 Å². The third-order valence-electron chi connectivity index (χ3n) is 3.03. The van der Waals surface area contributed by atoms with Crippen molar-refractivity contribution in [2.24, 2.45) is 5.10 Å². The van der Waals surface area contributed by atoms with E-state index in [0.717, 1.165) is 17.9 Å². The Labute approximate surface area is 130 Å². The van der Waals surface area contributed by atoms with Gasteiger partial charge in [-0.3, -0.25) is 5.43 Å². The SMILES string of the molecule is CCN(C[C@H](C)O)c1ccc(N/N=C\c2ccccc2)nn1. The van der Waals surface area contributed by atoms with Crippen LogP contribution in [-0.4, -0.2) is 40.7 Å². The number of anilines is 2. The highest BCUT2D eigenvalue weighted by Crippen LogP contribution is 2.12.